The maximum Gasteiger partial charge on any atom is 0.185 e. The number of ether oxygens (including phenoxy) is 1. The number of sulfone groups is 2. The van der Waals surface area contributed by atoms with E-state index in [4.69, 9.17) is 4.74 Å². The van der Waals surface area contributed by atoms with Gasteiger partial charge >= 0.3 is 0 Å². The zero-order chi connectivity index (χ0) is 25.5. The molecule has 0 N–H and O–H groups in total. The van der Waals surface area contributed by atoms with E-state index in [2.05, 4.69) is 14.3 Å². The topological polar surface area (TPSA) is 107 Å². The van der Waals surface area contributed by atoms with Gasteiger partial charge < -0.3 is 4.74 Å². The summed E-state index contributed by atoms with van der Waals surface area (Å²) in [6.45, 7) is 0.945. The Morgan fingerprint density at radius 2 is 1.86 bits per heavy atom. The molecule has 0 radical (unpaired) electrons. The van der Waals surface area contributed by atoms with Gasteiger partial charge in [-0.15, -0.1) is 0 Å². The number of fused-ring (bicyclic) bond motifs is 1. The average Bonchev–Trinajstić information content (AvgIpc) is 3.35. The number of aromatic nitrogens is 2. The summed E-state index contributed by atoms with van der Waals surface area (Å²) in [7, 11) is -6.86. The van der Waals surface area contributed by atoms with Crippen LogP contribution in [0.4, 0.5) is 4.39 Å². The van der Waals surface area contributed by atoms with E-state index in [9.17, 15) is 21.2 Å². The second-order valence-corrected chi connectivity index (χ2v) is 14.4. The first-order valence-corrected chi connectivity index (χ1v) is 15.9. The summed E-state index contributed by atoms with van der Waals surface area (Å²) in [6, 6.07) is 10.8. The van der Waals surface area contributed by atoms with Gasteiger partial charge in [-0.25, -0.2) is 26.2 Å². The van der Waals surface area contributed by atoms with E-state index in [-0.39, 0.29) is 28.5 Å². The fourth-order valence-electron chi connectivity index (χ4n) is 5.12. The van der Waals surface area contributed by atoms with Gasteiger partial charge in [0.2, 0.25) is 0 Å². The minimum absolute atomic E-state index is 0.0933. The predicted molar refractivity (Wildman–Crippen MR) is 134 cm³/mol. The van der Waals surface area contributed by atoms with E-state index in [1.807, 2.05) is 0 Å². The second kappa shape index (κ2) is 9.81. The average molecular weight is 552 g/mol. The lowest BCUT2D eigenvalue weighted by Gasteiger charge is -2.45. The van der Waals surface area contributed by atoms with E-state index in [1.54, 1.807) is 30.3 Å². The van der Waals surface area contributed by atoms with Crippen LogP contribution in [-0.4, -0.2) is 55.8 Å². The fourth-order valence-corrected chi connectivity index (χ4v) is 8.30. The molecule has 0 spiro atoms. The Morgan fingerprint density at radius 3 is 2.56 bits per heavy atom. The van der Waals surface area contributed by atoms with E-state index in [0.29, 0.717) is 43.2 Å². The third kappa shape index (κ3) is 5.17. The second-order valence-electron chi connectivity index (χ2n) is 9.23. The highest BCUT2D eigenvalue weighted by molar-refractivity contribution is 7.91. The molecule has 3 aromatic rings. The monoisotopic (exact) mass is 551 g/mol. The molecular weight excluding hydrogens is 525 g/mol. The molecule has 0 amide bonds. The van der Waals surface area contributed by atoms with Crippen molar-refractivity contribution in [2.75, 3.05) is 19.4 Å². The highest BCUT2D eigenvalue weighted by Gasteiger charge is 2.40. The van der Waals surface area contributed by atoms with Crippen molar-refractivity contribution in [1.29, 1.82) is 0 Å². The Bertz CT molecular complexity index is 1440. The zero-order valence-corrected chi connectivity index (χ0v) is 22.0. The van der Waals surface area contributed by atoms with Crippen LogP contribution in [-0.2, 0) is 25.4 Å². The highest BCUT2D eigenvalue weighted by Crippen LogP contribution is 2.45. The lowest BCUT2D eigenvalue weighted by molar-refractivity contribution is 0.0680. The number of hydrogen-bond acceptors (Lipinski definition) is 9. The standard InChI is InChI=1S/C24H26FN3O5S3/c1-35(29,30)18-8-10-28(22(12-18)16-2-4-17(25)5-3-16)21-9-11-33-23-13-19(6-7-20(21)23)36(31,32)14-24-26-15-27-34-24/h2-7,13,15,18,21-22H,8-12,14H2,1H3/t18-,21-,22+/m1/s1. The molecule has 12 heteroatoms. The molecule has 2 aliphatic rings. The van der Waals surface area contributed by atoms with Crippen molar-refractivity contribution in [3.05, 3.63) is 70.7 Å². The molecule has 8 nitrogen and oxygen atoms in total. The summed E-state index contributed by atoms with van der Waals surface area (Å²) in [5.74, 6) is -0.0712. The smallest absolute Gasteiger partial charge is 0.185 e. The molecule has 1 saturated heterocycles. The van der Waals surface area contributed by atoms with Crippen molar-refractivity contribution >= 4 is 31.2 Å². The van der Waals surface area contributed by atoms with E-state index in [1.165, 1.54) is 24.7 Å². The lowest BCUT2D eigenvalue weighted by Crippen LogP contribution is -2.44. The first-order chi connectivity index (χ1) is 17.1. The summed E-state index contributed by atoms with van der Waals surface area (Å²) in [4.78, 5) is 6.39. The van der Waals surface area contributed by atoms with Crippen LogP contribution in [0.25, 0.3) is 0 Å². The maximum absolute atomic E-state index is 13.6. The van der Waals surface area contributed by atoms with E-state index < -0.39 is 24.9 Å². The highest BCUT2D eigenvalue weighted by atomic mass is 32.2. The van der Waals surface area contributed by atoms with Gasteiger partial charge in [-0.05, 0) is 54.2 Å². The fraction of sp³-hybridized carbons (Fsp3) is 0.417. The van der Waals surface area contributed by atoms with Crippen LogP contribution >= 0.6 is 11.5 Å². The number of piperidine rings is 1. The minimum atomic E-state index is -3.63. The molecule has 0 saturated carbocycles. The van der Waals surface area contributed by atoms with Crippen molar-refractivity contribution < 1.29 is 26.0 Å². The predicted octanol–water partition coefficient (Wildman–Crippen LogP) is 3.73. The van der Waals surface area contributed by atoms with Crippen LogP contribution in [0, 0.1) is 5.82 Å². The summed E-state index contributed by atoms with van der Waals surface area (Å²) in [5.41, 5.74) is 1.72. The Balaban J connectivity index is 1.47. The van der Waals surface area contributed by atoms with Crippen molar-refractivity contribution in [1.82, 2.24) is 14.3 Å². The quantitative estimate of drug-likeness (QED) is 0.456. The van der Waals surface area contributed by atoms with Crippen LogP contribution in [0.1, 0.15) is 47.5 Å². The largest absolute Gasteiger partial charge is 0.493 e. The van der Waals surface area contributed by atoms with Crippen LogP contribution in [0.3, 0.4) is 0 Å². The van der Waals surface area contributed by atoms with Crippen LogP contribution < -0.4 is 4.74 Å². The van der Waals surface area contributed by atoms with Crippen LogP contribution in [0.15, 0.2) is 53.7 Å². The number of rotatable bonds is 6. The number of likely N-dealkylation sites (tertiary alicyclic amines) is 1. The molecule has 2 aromatic carbocycles. The van der Waals surface area contributed by atoms with Gasteiger partial charge in [0, 0.05) is 36.9 Å². The summed E-state index contributed by atoms with van der Waals surface area (Å²) in [5, 5.41) is -0.0570. The SMILES string of the molecule is CS(=O)(=O)[C@@H]1CCN([C@@H]2CCOc3cc(S(=O)(=O)Cc4ncns4)ccc32)[C@H](c2ccc(F)cc2)C1. The molecule has 5 rings (SSSR count). The van der Waals surface area contributed by atoms with Gasteiger partial charge in [0.25, 0.3) is 0 Å². The Hall–Kier alpha value is -2.41. The van der Waals surface area contributed by atoms with E-state index in [0.717, 1.165) is 22.7 Å². The van der Waals surface area contributed by atoms with Crippen molar-refractivity contribution in [2.24, 2.45) is 0 Å². The van der Waals surface area contributed by atoms with E-state index >= 15 is 0 Å². The van der Waals surface area contributed by atoms with Gasteiger partial charge in [-0.3, -0.25) is 4.90 Å². The third-order valence-electron chi connectivity index (χ3n) is 6.93. The van der Waals surface area contributed by atoms with Gasteiger partial charge in [0.15, 0.2) is 9.84 Å². The summed E-state index contributed by atoms with van der Waals surface area (Å²) in [6.07, 6.45) is 4.18. The molecule has 1 aromatic heterocycles. The Labute approximate surface area is 214 Å². The van der Waals surface area contributed by atoms with Crippen LogP contribution in [0.5, 0.6) is 5.75 Å². The number of halogens is 1. The molecular formula is C24H26FN3O5S3. The van der Waals surface area contributed by atoms with Crippen molar-refractivity contribution in [2.45, 2.75) is 47.2 Å². The zero-order valence-electron chi connectivity index (χ0n) is 19.6. The number of benzene rings is 2. The molecule has 0 bridgehead atoms. The molecule has 3 atom stereocenters. The van der Waals surface area contributed by atoms with Gasteiger partial charge in [-0.1, -0.05) is 18.2 Å². The Morgan fingerprint density at radius 1 is 1.08 bits per heavy atom. The first kappa shape index (κ1) is 25.2. The first-order valence-electron chi connectivity index (χ1n) is 11.6. The van der Waals surface area contributed by atoms with Gasteiger partial charge in [-0.2, -0.15) is 4.37 Å². The molecule has 36 heavy (non-hydrogen) atoms. The van der Waals surface area contributed by atoms with Gasteiger partial charge in [0.05, 0.1) is 16.8 Å². The number of hydrogen-bond donors (Lipinski definition) is 0. The summed E-state index contributed by atoms with van der Waals surface area (Å²) < 4.78 is 74.1. The summed E-state index contributed by atoms with van der Waals surface area (Å²) >= 11 is 1.05. The molecule has 3 heterocycles. The van der Waals surface area contributed by atoms with Gasteiger partial charge in [0.1, 0.15) is 38.5 Å². The Kier molecular flexibility index (Phi) is 6.88. The molecule has 0 unspecified atom stereocenters. The molecule has 1 fully saturated rings. The molecule has 2 aliphatic heterocycles. The van der Waals surface area contributed by atoms with Crippen molar-refractivity contribution in [3.63, 3.8) is 0 Å². The molecule has 0 aliphatic carbocycles. The maximum atomic E-state index is 13.6. The minimum Gasteiger partial charge on any atom is -0.493 e. The molecule has 192 valence electrons. The van der Waals surface area contributed by atoms with Crippen molar-refractivity contribution in [3.8, 4) is 5.75 Å². The lowest BCUT2D eigenvalue weighted by atomic mass is 9.89. The van der Waals surface area contributed by atoms with Crippen LogP contribution in [0.2, 0.25) is 0 Å². The number of nitrogens with zero attached hydrogens (tertiary/aromatic N) is 3. The normalized spacial score (nSPS) is 23.1. The third-order valence-corrected chi connectivity index (χ3v) is 11.0.